The van der Waals surface area contributed by atoms with Gasteiger partial charge in [0.25, 0.3) is 17.4 Å². The number of nitrogens with zero attached hydrogens (tertiary/aromatic N) is 4. The number of amides is 2. The van der Waals surface area contributed by atoms with Crippen LogP contribution in [0.2, 0.25) is 5.15 Å². The van der Waals surface area contributed by atoms with Gasteiger partial charge in [-0.2, -0.15) is 13.2 Å². The smallest absolute Gasteiger partial charge is 0.369 e. The Bertz CT molecular complexity index is 1230. The molecule has 2 saturated heterocycles. The Morgan fingerprint density at radius 1 is 1.05 bits per heavy atom. The van der Waals surface area contributed by atoms with Crippen LogP contribution in [0.25, 0.3) is 0 Å². The molecule has 2 aliphatic heterocycles. The van der Waals surface area contributed by atoms with E-state index in [0.29, 0.717) is 34.7 Å². The Kier molecular flexibility index (Phi) is 9.36. The van der Waals surface area contributed by atoms with Gasteiger partial charge in [0.05, 0.1) is 5.56 Å². The number of halogens is 5. The third-order valence-corrected chi connectivity index (χ3v) is 8.72. The van der Waals surface area contributed by atoms with Gasteiger partial charge < -0.3 is 19.8 Å². The molecule has 0 aliphatic carbocycles. The zero-order chi connectivity index (χ0) is 29.2. The number of alkyl halides is 3. The van der Waals surface area contributed by atoms with Crippen molar-refractivity contribution in [2.45, 2.75) is 43.9 Å². The van der Waals surface area contributed by atoms with Crippen molar-refractivity contribution in [3.63, 3.8) is 0 Å². The predicted octanol–water partition coefficient (Wildman–Crippen LogP) is 5.49. The maximum atomic E-state index is 14.0. The molecule has 0 spiro atoms. The lowest BCUT2D eigenvalue weighted by molar-refractivity contribution is -0.262. The second-order valence-corrected chi connectivity index (χ2v) is 12.1. The molecule has 4 rings (SSSR count). The van der Waals surface area contributed by atoms with Gasteiger partial charge in [0, 0.05) is 50.3 Å². The van der Waals surface area contributed by atoms with Gasteiger partial charge in [-0.1, -0.05) is 39.7 Å². The molecule has 0 bridgehead atoms. The topological polar surface area (TPSA) is 77.0 Å². The van der Waals surface area contributed by atoms with E-state index in [1.807, 2.05) is 6.07 Å². The van der Waals surface area contributed by atoms with Crippen LogP contribution in [0.5, 0.6) is 0 Å². The van der Waals surface area contributed by atoms with Crippen LogP contribution in [0, 0.1) is 11.8 Å². The molecule has 3 heterocycles. The summed E-state index contributed by atoms with van der Waals surface area (Å²) < 4.78 is 42.4. The van der Waals surface area contributed by atoms with Gasteiger partial charge in [0.1, 0.15) is 11.0 Å². The Labute approximate surface area is 245 Å². The molecule has 1 N–H and O–H groups in total. The molecule has 0 radical (unpaired) electrons. The van der Waals surface area contributed by atoms with E-state index in [1.165, 1.54) is 17.0 Å². The highest BCUT2D eigenvalue weighted by molar-refractivity contribution is 9.10. The first kappa shape index (κ1) is 30.6. The summed E-state index contributed by atoms with van der Waals surface area (Å²) in [4.78, 5) is 34.5. The fourth-order valence-electron chi connectivity index (χ4n) is 5.59. The van der Waals surface area contributed by atoms with Crippen molar-refractivity contribution in [1.29, 1.82) is 0 Å². The van der Waals surface area contributed by atoms with Crippen LogP contribution in [0.3, 0.4) is 0 Å². The van der Waals surface area contributed by atoms with Crippen molar-refractivity contribution >= 4 is 45.2 Å². The Morgan fingerprint density at radius 3 is 2.17 bits per heavy atom. The highest BCUT2D eigenvalue weighted by Gasteiger charge is 2.62. The fraction of sp³-hybridized carbons (Fsp3) is 0.536. The third-order valence-electron chi connectivity index (χ3n) is 7.94. The first-order chi connectivity index (χ1) is 18.8. The van der Waals surface area contributed by atoms with Crippen molar-refractivity contribution < 1.29 is 27.9 Å². The monoisotopic (exact) mass is 644 g/mol. The zero-order valence-electron chi connectivity index (χ0n) is 22.4. The largest absolute Gasteiger partial charge is 0.430 e. The van der Waals surface area contributed by atoms with E-state index in [9.17, 15) is 27.9 Å². The molecule has 218 valence electrons. The lowest BCUT2D eigenvalue weighted by Gasteiger charge is -2.40. The molecule has 1 aromatic carbocycles. The van der Waals surface area contributed by atoms with Crippen LogP contribution >= 0.6 is 27.5 Å². The molecule has 0 saturated carbocycles. The van der Waals surface area contributed by atoms with Crippen molar-refractivity contribution in [2.75, 3.05) is 45.2 Å². The summed E-state index contributed by atoms with van der Waals surface area (Å²) in [6.45, 7) is 1.93. The number of piperidine rings is 2. The zero-order valence-corrected chi connectivity index (χ0v) is 24.8. The summed E-state index contributed by atoms with van der Waals surface area (Å²) in [6.07, 6.45) is -1.15. The summed E-state index contributed by atoms with van der Waals surface area (Å²) in [7, 11) is 3.32. The number of likely N-dealkylation sites (tertiary alicyclic amines) is 1. The van der Waals surface area contributed by atoms with E-state index < -0.39 is 23.2 Å². The molecule has 1 aromatic heterocycles. The number of aromatic nitrogens is 1. The van der Waals surface area contributed by atoms with Gasteiger partial charge in [0.15, 0.2) is 0 Å². The maximum absolute atomic E-state index is 14.0. The number of benzene rings is 1. The minimum atomic E-state index is -5.16. The molecule has 2 fully saturated rings. The highest BCUT2D eigenvalue weighted by atomic mass is 79.9. The Balaban J connectivity index is 1.30. The number of pyridine rings is 1. The minimum Gasteiger partial charge on any atom is -0.369 e. The van der Waals surface area contributed by atoms with Gasteiger partial charge in [-0.25, -0.2) is 4.98 Å². The highest BCUT2D eigenvalue weighted by Crippen LogP contribution is 2.42. The van der Waals surface area contributed by atoms with Crippen LogP contribution < -0.4 is 4.90 Å². The van der Waals surface area contributed by atoms with Crippen LogP contribution in [-0.4, -0.2) is 78.2 Å². The van der Waals surface area contributed by atoms with Gasteiger partial charge >= 0.3 is 6.18 Å². The van der Waals surface area contributed by atoms with Gasteiger partial charge in [-0.05, 0) is 68.2 Å². The first-order valence-corrected chi connectivity index (χ1v) is 14.5. The number of anilines is 1. The average Bonchev–Trinajstić information content (AvgIpc) is 2.92. The van der Waals surface area contributed by atoms with Crippen LogP contribution in [0.4, 0.5) is 19.0 Å². The third kappa shape index (κ3) is 6.41. The normalized spacial score (nSPS) is 18.9. The summed E-state index contributed by atoms with van der Waals surface area (Å²) in [5.41, 5.74) is -3.73. The lowest BCUT2D eigenvalue weighted by atomic mass is 9.82. The lowest BCUT2D eigenvalue weighted by Crippen LogP contribution is -2.57. The van der Waals surface area contributed by atoms with E-state index in [4.69, 9.17) is 11.6 Å². The standard InChI is InChI=1S/C28H33BrClF3N4O3/c1-35(2)25(38)22-6-7-23(34-24(22)30)36-12-8-18(9-13-36)16-19-10-14-37(15-11-19)26(39)27(40,28(31,32)33)20-4-3-5-21(29)17-20/h3-7,17-19,40H,8-16H2,1-2H3/t27-/m1/s1. The van der Waals surface area contributed by atoms with E-state index in [0.717, 1.165) is 55.2 Å². The molecular weight excluding hydrogens is 613 g/mol. The van der Waals surface area contributed by atoms with Crippen molar-refractivity contribution in [2.24, 2.45) is 11.8 Å². The second kappa shape index (κ2) is 12.2. The van der Waals surface area contributed by atoms with Crippen molar-refractivity contribution in [3.8, 4) is 0 Å². The predicted molar refractivity (Wildman–Crippen MR) is 150 cm³/mol. The SMILES string of the molecule is CN(C)C(=O)c1ccc(N2CCC(CC3CCN(C(=O)[C@](O)(c4cccc(Br)c4)C(F)(F)F)CC3)CC2)nc1Cl. The van der Waals surface area contributed by atoms with Gasteiger partial charge in [-0.3, -0.25) is 9.59 Å². The number of rotatable bonds is 6. The fourth-order valence-corrected chi connectivity index (χ4v) is 6.22. The second-order valence-electron chi connectivity index (χ2n) is 10.8. The molecule has 0 unspecified atom stereocenters. The van der Waals surface area contributed by atoms with Crippen LogP contribution in [0.1, 0.15) is 48.0 Å². The van der Waals surface area contributed by atoms with Gasteiger partial charge in [-0.15, -0.1) is 0 Å². The van der Waals surface area contributed by atoms with E-state index in [2.05, 4.69) is 25.8 Å². The molecular formula is C28H33BrClF3N4O3. The number of hydrogen-bond acceptors (Lipinski definition) is 5. The average molecular weight is 646 g/mol. The first-order valence-electron chi connectivity index (χ1n) is 13.3. The minimum absolute atomic E-state index is 0.176. The maximum Gasteiger partial charge on any atom is 0.430 e. The van der Waals surface area contributed by atoms with E-state index in [-0.39, 0.29) is 24.1 Å². The number of hydrogen-bond donors (Lipinski definition) is 1. The van der Waals surface area contributed by atoms with E-state index in [1.54, 1.807) is 20.2 Å². The summed E-state index contributed by atoms with van der Waals surface area (Å²) in [5.74, 6) is -0.0362. The summed E-state index contributed by atoms with van der Waals surface area (Å²) >= 11 is 9.41. The molecule has 7 nitrogen and oxygen atoms in total. The molecule has 2 amide bonds. The molecule has 2 aromatic rings. The summed E-state index contributed by atoms with van der Waals surface area (Å²) in [5, 5.41) is 10.9. The molecule has 40 heavy (non-hydrogen) atoms. The molecule has 12 heteroatoms. The number of aliphatic hydroxyl groups is 1. The Hall–Kier alpha value is -2.37. The summed E-state index contributed by atoms with van der Waals surface area (Å²) in [6, 6.07) is 8.67. The van der Waals surface area contributed by atoms with Gasteiger partial charge in [0.2, 0.25) is 0 Å². The number of carbonyl (C=O) groups is 2. The van der Waals surface area contributed by atoms with Crippen LogP contribution in [-0.2, 0) is 10.4 Å². The quantitative estimate of drug-likeness (QED) is 0.421. The van der Waals surface area contributed by atoms with Crippen LogP contribution in [0.15, 0.2) is 40.9 Å². The number of carbonyl (C=O) groups excluding carboxylic acids is 2. The Morgan fingerprint density at radius 2 is 1.65 bits per heavy atom. The van der Waals surface area contributed by atoms with Crippen molar-refractivity contribution in [1.82, 2.24) is 14.8 Å². The molecule has 1 atom stereocenters. The molecule has 2 aliphatic rings. The van der Waals surface area contributed by atoms with E-state index >= 15 is 0 Å². The van der Waals surface area contributed by atoms with Crippen molar-refractivity contribution in [3.05, 3.63) is 57.2 Å².